The zero-order valence-corrected chi connectivity index (χ0v) is 25.4. The van der Waals surface area contributed by atoms with Crippen LogP contribution < -0.4 is 9.80 Å². The molecule has 0 atom stereocenters. The number of para-hydroxylation sites is 5. The molecule has 0 aliphatic rings. The second kappa shape index (κ2) is 11.8. The molecule has 0 bridgehead atoms. The van der Waals surface area contributed by atoms with Gasteiger partial charge in [0.2, 0.25) is 0 Å². The molecule has 1 aromatic heterocycles. The highest BCUT2D eigenvalue weighted by Crippen LogP contribution is 2.49. The summed E-state index contributed by atoms with van der Waals surface area (Å²) in [5, 5.41) is 2.54. The molecule has 8 rings (SSSR count). The molecule has 0 saturated carbocycles. The second-order valence-corrected chi connectivity index (χ2v) is 12.0. The molecule has 214 valence electrons. The third kappa shape index (κ3) is 4.94. The summed E-state index contributed by atoms with van der Waals surface area (Å²) in [6.45, 7) is 0. The van der Waals surface area contributed by atoms with Crippen molar-refractivity contribution in [3.8, 4) is 11.1 Å². The van der Waals surface area contributed by atoms with Crippen LogP contribution in [-0.2, 0) is 0 Å². The quantitative estimate of drug-likeness (QED) is 0.181. The molecule has 0 spiro atoms. The van der Waals surface area contributed by atoms with E-state index < -0.39 is 0 Å². The topological polar surface area (TPSA) is 6.48 Å². The van der Waals surface area contributed by atoms with Gasteiger partial charge in [0.05, 0.1) is 16.1 Å². The van der Waals surface area contributed by atoms with Crippen LogP contribution in [0.2, 0.25) is 0 Å². The predicted molar refractivity (Wildman–Crippen MR) is 194 cm³/mol. The van der Waals surface area contributed by atoms with E-state index in [4.69, 9.17) is 0 Å². The zero-order chi connectivity index (χ0) is 30.0. The molecule has 7 aromatic carbocycles. The van der Waals surface area contributed by atoms with E-state index in [1.807, 2.05) is 11.3 Å². The largest absolute Gasteiger partial charge is 0.310 e. The number of anilines is 6. The van der Waals surface area contributed by atoms with Crippen LogP contribution in [0.25, 0.3) is 31.3 Å². The lowest BCUT2D eigenvalue weighted by Crippen LogP contribution is -2.10. The van der Waals surface area contributed by atoms with Gasteiger partial charge in [-0.25, -0.2) is 0 Å². The molecule has 0 aliphatic carbocycles. The van der Waals surface area contributed by atoms with Crippen LogP contribution in [0.15, 0.2) is 182 Å². The SMILES string of the molecule is c1ccc(N(c2ccccc2)c2ccccc2-c2cccc3c2sc2c(N(c4ccccc4)c4ccccc4)cccc23)cc1. The number of benzene rings is 7. The Morgan fingerprint density at radius 2 is 0.667 bits per heavy atom. The number of hydrogen-bond acceptors (Lipinski definition) is 3. The van der Waals surface area contributed by atoms with Gasteiger partial charge in [0.1, 0.15) is 0 Å². The van der Waals surface area contributed by atoms with Gasteiger partial charge >= 0.3 is 0 Å². The second-order valence-electron chi connectivity index (χ2n) is 11.0. The van der Waals surface area contributed by atoms with Crippen molar-refractivity contribution < 1.29 is 0 Å². The molecule has 2 nitrogen and oxygen atoms in total. The molecular formula is C42H30N2S. The molecule has 3 heteroatoms. The fourth-order valence-electron chi connectivity index (χ4n) is 6.25. The van der Waals surface area contributed by atoms with Crippen molar-refractivity contribution >= 4 is 65.6 Å². The van der Waals surface area contributed by atoms with E-state index in [0.29, 0.717) is 0 Å². The molecule has 0 aliphatic heterocycles. The van der Waals surface area contributed by atoms with Crippen LogP contribution in [0.5, 0.6) is 0 Å². The first-order valence-corrected chi connectivity index (χ1v) is 16.0. The minimum absolute atomic E-state index is 1.13. The standard InChI is InChI=1S/C42H30N2S/c1-5-17-31(18-6-1)43(32-19-7-2-8-20-32)39-29-14-13-25-35(39)36-26-15-27-37-38-28-16-30-40(42(38)45-41(36)37)44(33-21-9-3-10-22-33)34-23-11-4-12-24-34/h1-30H. The minimum Gasteiger partial charge on any atom is -0.310 e. The highest BCUT2D eigenvalue weighted by Gasteiger charge is 2.21. The smallest absolute Gasteiger partial charge is 0.0640 e. The molecule has 0 unspecified atom stereocenters. The third-order valence-electron chi connectivity index (χ3n) is 8.24. The van der Waals surface area contributed by atoms with E-state index in [9.17, 15) is 0 Å². The maximum absolute atomic E-state index is 2.37. The summed E-state index contributed by atoms with van der Waals surface area (Å²) >= 11 is 1.88. The number of thiophene rings is 1. The Hall–Kier alpha value is -5.64. The van der Waals surface area contributed by atoms with E-state index in [1.54, 1.807) is 0 Å². The van der Waals surface area contributed by atoms with Gasteiger partial charge in [-0.05, 0) is 60.7 Å². The van der Waals surface area contributed by atoms with Crippen LogP contribution in [0, 0.1) is 0 Å². The summed E-state index contributed by atoms with van der Waals surface area (Å²) in [7, 11) is 0. The first-order valence-electron chi connectivity index (χ1n) is 15.2. The predicted octanol–water partition coefficient (Wildman–Crippen LogP) is 12.7. The van der Waals surface area contributed by atoms with E-state index in [1.165, 1.54) is 37.0 Å². The molecule has 0 fully saturated rings. The molecule has 0 saturated heterocycles. The van der Waals surface area contributed by atoms with Crippen LogP contribution in [0.4, 0.5) is 34.1 Å². The highest BCUT2D eigenvalue weighted by molar-refractivity contribution is 7.27. The lowest BCUT2D eigenvalue weighted by atomic mass is 9.99. The van der Waals surface area contributed by atoms with E-state index >= 15 is 0 Å². The molecule has 1 heterocycles. The van der Waals surface area contributed by atoms with Crippen molar-refractivity contribution in [2.24, 2.45) is 0 Å². The number of fused-ring (bicyclic) bond motifs is 3. The normalized spacial score (nSPS) is 11.1. The molecule has 0 amide bonds. The molecular weight excluding hydrogens is 565 g/mol. The zero-order valence-electron chi connectivity index (χ0n) is 24.6. The van der Waals surface area contributed by atoms with Crippen molar-refractivity contribution in [1.29, 1.82) is 0 Å². The number of rotatable bonds is 7. The Balaban J connectivity index is 1.36. The Labute approximate surface area is 267 Å². The van der Waals surface area contributed by atoms with Gasteiger partial charge in [0.15, 0.2) is 0 Å². The monoisotopic (exact) mass is 594 g/mol. The van der Waals surface area contributed by atoms with Crippen LogP contribution in [0.3, 0.4) is 0 Å². The van der Waals surface area contributed by atoms with Gasteiger partial charge in [0.25, 0.3) is 0 Å². The minimum atomic E-state index is 1.13. The summed E-state index contributed by atoms with van der Waals surface area (Å²) in [6.07, 6.45) is 0. The van der Waals surface area contributed by atoms with Gasteiger partial charge < -0.3 is 9.80 Å². The molecule has 45 heavy (non-hydrogen) atoms. The first-order chi connectivity index (χ1) is 22.4. The molecule has 0 N–H and O–H groups in total. The Morgan fingerprint density at radius 3 is 1.20 bits per heavy atom. The lowest BCUT2D eigenvalue weighted by Gasteiger charge is -2.28. The van der Waals surface area contributed by atoms with Gasteiger partial charge in [-0.15, -0.1) is 11.3 Å². The fourth-order valence-corrected chi connectivity index (χ4v) is 7.58. The molecule has 0 radical (unpaired) electrons. The first kappa shape index (κ1) is 26.9. The van der Waals surface area contributed by atoms with Crippen molar-refractivity contribution in [2.75, 3.05) is 9.80 Å². The maximum atomic E-state index is 2.37. The van der Waals surface area contributed by atoms with Crippen LogP contribution in [-0.4, -0.2) is 0 Å². The maximum Gasteiger partial charge on any atom is 0.0640 e. The highest BCUT2D eigenvalue weighted by atomic mass is 32.1. The van der Waals surface area contributed by atoms with Crippen molar-refractivity contribution in [3.05, 3.63) is 182 Å². The molecule has 8 aromatic rings. The summed E-state index contributed by atoms with van der Waals surface area (Å²) in [4.78, 5) is 4.73. The van der Waals surface area contributed by atoms with Crippen LogP contribution >= 0.6 is 11.3 Å². The Kier molecular flexibility index (Phi) is 7.07. The lowest BCUT2D eigenvalue weighted by molar-refractivity contribution is 1.28. The van der Waals surface area contributed by atoms with Gasteiger partial charge in [-0.3, -0.25) is 0 Å². The van der Waals surface area contributed by atoms with Gasteiger partial charge in [-0.2, -0.15) is 0 Å². The fraction of sp³-hybridized carbons (Fsp3) is 0. The van der Waals surface area contributed by atoms with E-state index in [-0.39, 0.29) is 0 Å². The Bertz CT molecular complexity index is 2130. The van der Waals surface area contributed by atoms with E-state index in [0.717, 1.165) is 28.4 Å². The average molecular weight is 595 g/mol. The van der Waals surface area contributed by atoms with Crippen molar-refractivity contribution in [2.45, 2.75) is 0 Å². The van der Waals surface area contributed by atoms with Gasteiger partial charge in [-0.1, -0.05) is 121 Å². The summed E-state index contributed by atoms with van der Waals surface area (Å²) in [6, 6.07) is 64.8. The van der Waals surface area contributed by atoms with Crippen molar-refractivity contribution in [3.63, 3.8) is 0 Å². The average Bonchev–Trinajstić information content (AvgIpc) is 3.51. The van der Waals surface area contributed by atoms with Crippen LogP contribution in [0.1, 0.15) is 0 Å². The van der Waals surface area contributed by atoms with Gasteiger partial charge in [0, 0.05) is 49.3 Å². The third-order valence-corrected chi connectivity index (χ3v) is 9.51. The summed E-state index contributed by atoms with van der Waals surface area (Å²) in [5.41, 5.74) is 9.30. The summed E-state index contributed by atoms with van der Waals surface area (Å²) in [5.74, 6) is 0. The number of hydrogen-bond donors (Lipinski definition) is 0. The Morgan fingerprint density at radius 1 is 0.289 bits per heavy atom. The summed E-state index contributed by atoms with van der Waals surface area (Å²) < 4.78 is 2.56. The number of nitrogens with zero attached hydrogens (tertiary/aromatic N) is 2. The van der Waals surface area contributed by atoms with E-state index in [2.05, 4.69) is 192 Å². The van der Waals surface area contributed by atoms with Crippen molar-refractivity contribution in [1.82, 2.24) is 0 Å².